The largest absolute Gasteiger partial charge is 0.298 e. The summed E-state index contributed by atoms with van der Waals surface area (Å²) >= 11 is 1.69. The van der Waals surface area contributed by atoms with E-state index in [-0.39, 0.29) is 0 Å². The molecule has 0 aliphatic carbocycles. The lowest BCUT2D eigenvalue weighted by Gasteiger charge is -2.02. The van der Waals surface area contributed by atoms with E-state index >= 15 is 0 Å². The lowest BCUT2D eigenvalue weighted by atomic mass is 10.1. The number of Topliss-reactive ketones (excluding diaryl/α,β-unsaturated/α-hetero) is 1. The van der Waals surface area contributed by atoms with Gasteiger partial charge in [0.25, 0.3) is 0 Å². The van der Waals surface area contributed by atoms with Gasteiger partial charge >= 0.3 is 0 Å². The molecule has 0 spiro atoms. The fourth-order valence-electron chi connectivity index (χ4n) is 1.39. The minimum Gasteiger partial charge on any atom is -0.298 e. The maximum atomic E-state index is 11.5. The minimum atomic E-state index is 0.325. The highest BCUT2D eigenvalue weighted by molar-refractivity contribution is 7.99. The van der Waals surface area contributed by atoms with E-state index in [4.69, 9.17) is 0 Å². The second kappa shape index (κ2) is 6.67. The molecule has 0 heterocycles. The molecule has 1 aromatic rings. The summed E-state index contributed by atoms with van der Waals surface area (Å²) in [7, 11) is 0. The lowest BCUT2D eigenvalue weighted by Crippen LogP contribution is -2.05. The molecule has 0 fully saturated rings. The Kier molecular flexibility index (Phi) is 5.48. The van der Waals surface area contributed by atoms with Gasteiger partial charge in [0.15, 0.2) is 0 Å². The van der Waals surface area contributed by atoms with Gasteiger partial charge in [-0.25, -0.2) is 0 Å². The maximum absolute atomic E-state index is 11.5. The molecular formula is C13H18OS. The lowest BCUT2D eigenvalue weighted by molar-refractivity contribution is -0.116. The number of ketones is 1. The van der Waals surface area contributed by atoms with Crippen LogP contribution in [0.25, 0.3) is 0 Å². The van der Waals surface area contributed by atoms with E-state index in [9.17, 15) is 4.79 Å². The summed E-state index contributed by atoms with van der Waals surface area (Å²) in [6, 6.07) is 8.34. The molecule has 15 heavy (non-hydrogen) atoms. The van der Waals surface area contributed by atoms with Crippen LogP contribution in [0.4, 0.5) is 0 Å². The molecular weight excluding hydrogens is 204 g/mol. The SMILES string of the molecule is CCSCC(=O)Cc1ccc(CC)cc1. The van der Waals surface area contributed by atoms with Crippen LogP contribution in [0, 0.1) is 0 Å². The molecule has 0 aliphatic rings. The summed E-state index contributed by atoms with van der Waals surface area (Å²) < 4.78 is 0. The van der Waals surface area contributed by atoms with Crippen LogP contribution < -0.4 is 0 Å². The van der Waals surface area contributed by atoms with E-state index in [2.05, 4.69) is 38.1 Å². The van der Waals surface area contributed by atoms with Gasteiger partial charge in [-0.3, -0.25) is 4.79 Å². The zero-order valence-corrected chi connectivity index (χ0v) is 10.3. The first-order valence-electron chi connectivity index (χ1n) is 5.43. The zero-order chi connectivity index (χ0) is 11.1. The van der Waals surface area contributed by atoms with Crippen molar-refractivity contribution in [2.24, 2.45) is 0 Å². The number of thioether (sulfide) groups is 1. The molecule has 0 unspecified atom stereocenters. The predicted octanol–water partition coefficient (Wildman–Crippen LogP) is 3.11. The Morgan fingerprint density at radius 2 is 1.73 bits per heavy atom. The fraction of sp³-hybridized carbons (Fsp3) is 0.462. The fourth-order valence-corrected chi connectivity index (χ4v) is 1.92. The molecule has 0 amide bonds. The Hall–Kier alpha value is -0.760. The van der Waals surface area contributed by atoms with Crippen LogP contribution in [0.2, 0.25) is 0 Å². The van der Waals surface area contributed by atoms with Gasteiger partial charge < -0.3 is 0 Å². The Balaban J connectivity index is 2.46. The highest BCUT2D eigenvalue weighted by Gasteiger charge is 2.02. The second-order valence-corrected chi connectivity index (χ2v) is 4.80. The molecule has 1 rings (SSSR count). The van der Waals surface area contributed by atoms with Crippen LogP contribution in [0.5, 0.6) is 0 Å². The van der Waals surface area contributed by atoms with Gasteiger partial charge in [0.2, 0.25) is 0 Å². The van der Waals surface area contributed by atoms with Gasteiger partial charge in [-0.15, -0.1) is 0 Å². The van der Waals surface area contributed by atoms with Crippen molar-refractivity contribution < 1.29 is 4.79 Å². The molecule has 0 atom stereocenters. The van der Waals surface area contributed by atoms with Crippen molar-refractivity contribution in [3.05, 3.63) is 35.4 Å². The van der Waals surface area contributed by atoms with Crippen LogP contribution in [-0.2, 0) is 17.6 Å². The van der Waals surface area contributed by atoms with Gasteiger partial charge in [0.1, 0.15) is 5.78 Å². The first kappa shape index (κ1) is 12.3. The molecule has 1 nitrogen and oxygen atoms in total. The van der Waals surface area contributed by atoms with Crippen LogP contribution in [0.1, 0.15) is 25.0 Å². The van der Waals surface area contributed by atoms with E-state index in [0.29, 0.717) is 18.0 Å². The standard InChI is InChI=1S/C13H18OS/c1-3-11-5-7-12(8-6-11)9-13(14)10-15-4-2/h5-8H,3-4,9-10H2,1-2H3. The number of rotatable bonds is 6. The molecule has 0 saturated heterocycles. The molecule has 0 radical (unpaired) electrons. The van der Waals surface area contributed by atoms with Gasteiger partial charge in [0, 0.05) is 6.42 Å². The first-order chi connectivity index (χ1) is 7.26. The molecule has 82 valence electrons. The highest BCUT2D eigenvalue weighted by Crippen LogP contribution is 2.08. The molecule has 0 aliphatic heterocycles. The number of aryl methyl sites for hydroxylation is 1. The predicted molar refractivity (Wildman–Crippen MR) is 67.5 cm³/mol. The minimum absolute atomic E-state index is 0.325. The smallest absolute Gasteiger partial charge is 0.147 e. The first-order valence-corrected chi connectivity index (χ1v) is 6.59. The van der Waals surface area contributed by atoms with Crippen molar-refractivity contribution in [3.63, 3.8) is 0 Å². The van der Waals surface area contributed by atoms with Crippen LogP contribution in [0.3, 0.4) is 0 Å². The van der Waals surface area contributed by atoms with Gasteiger partial charge in [-0.2, -0.15) is 11.8 Å². The average Bonchev–Trinajstić information content (AvgIpc) is 2.27. The number of benzene rings is 1. The number of hydrogen-bond acceptors (Lipinski definition) is 2. The third kappa shape index (κ3) is 4.52. The maximum Gasteiger partial charge on any atom is 0.147 e. The van der Waals surface area contributed by atoms with Gasteiger partial charge in [0.05, 0.1) is 5.75 Å². The molecule has 0 saturated carbocycles. The van der Waals surface area contributed by atoms with Crippen molar-refractivity contribution in [1.29, 1.82) is 0 Å². The van der Waals surface area contributed by atoms with Crippen LogP contribution in [0.15, 0.2) is 24.3 Å². The third-order valence-corrected chi connectivity index (χ3v) is 3.23. The summed E-state index contributed by atoms with van der Waals surface area (Å²) in [6.45, 7) is 4.21. The van der Waals surface area contributed by atoms with Crippen molar-refractivity contribution >= 4 is 17.5 Å². The molecule has 0 bridgehead atoms. The van der Waals surface area contributed by atoms with E-state index in [1.807, 2.05) is 0 Å². The van der Waals surface area contributed by atoms with E-state index in [1.165, 1.54) is 5.56 Å². The summed E-state index contributed by atoms with van der Waals surface area (Å²) in [5.41, 5.74) is 2.46. The Bertz CT molecular complexity index is 303. The van der Waals surface area contributed by atoms with Crippen LogP contribution in [-0.4, -0.2) is 17.3 Å². The number of carbonyl (C=O) groups is 1. The third-order valence-electron chi connectivity index (χ3n) is 2.30. The molecule has 0 aromatic heterocycles. The second-order valence-electron chi connectivity index (χ2n) is 3.52. The zero-order valence-electron chi connectivity index (χ0n) is 9.45. The molecule has 1 aromatic carbocycles. The number of hydrogen-bond donors (Lipinski definition) is 0. The molecule has 0 N–H and O–H groups in total. The average molecular weight is 222 g/mol. The monoisotopic (exact) mass is 222 g/mol. The van der Waals surface area contributed by atoms with Crippen molar-refractivity contribution in [1.82, 2.24) is 0 Å². The quantitative estimate of drug-likeness (QED) is 0.735. The van der Waals surface area contributed by atoms with Crippen molar-refractivity contribution in [2.75, 3.05) is 11.5 Å². The van der Waals surface area contributed by atoms with Gasteiger partial charge in [-0.05, 0) is 23.3 Å². The number of carbonyl (C=O) groups excluding carboxylic acids is 1. The van der Waals surface area contributed by atoms with Crippen molar-refractivity contribution in [2.45, 2.75) is 26.7 Å². The summed E-state index contributed by atoms with van der Waals surface area (Å²) in [5.74, 6) is 1.98. The highest BCUT2D eigenvalue weighted by atomic mass is 32.2. The Labute approximate surface area is 96.3 Å². The normalized spacial score (nSPS) is 10.3. The summed E-state index contributed by atoms with van der Waals surface area (Å²) in [5, 5.41) is 0. The van der Waals surface area contributed by atoms with Crippen molar-refractivity contribution in [3.8, 4) is 0 Å². The molecule has 2 heteroatoms. The summed E-state index contributed by atoms with van der Waals surface area (Å²) in [6.07, 6.45) is 1.64. The van der Waals surface area contributed by atoms with Crippen LogP contribution >= 0.6 is 11.8 Å². The summed E-state index contributed by atoms with van der Waals surface area (Å²) in [4.78, 5) is 11.5. The van der Waals surface area contributed by atoms with E-state index in [0.717, 1.165) is 17.7 Å². The van der Waals surface area contributed by atoms with Gasteiger partial charge in [-0.1, -0.05) is 38.1 Å². The topological polar surface area (TPSA) is 17.1 Å². The van der Waals surface area contributed by atoms with E-state index < -0.39 is 0 Å². The van der Waals surface area contributed by atoms with E-state index in [1.54, 1.807) is 11.8 Å². The Morgan fingerprint density at radius 3 is 2.27 bits per heavy atom. The Morgan fingerprint density at radius 1 is 1.13 bits per heavy atom.